The first-order valence-electron chi connectivity index (χ1n) is 6.53. The number of aromatic nitrogens is 3. The van der Waals surface area contributed by atoms with E-state index >= 15 is 0 Å². The summed E-state index contributed by atoms with van der Waals surface area (Å²) in [5, 5.41) is 17.2. The average molecular weight is 299 g/mol. The molecule has 0 unspecified atom stereocenters. The number of rotatable bonds is 4. The summed E-state index contributed by atoms with van der Waals surface area (Å²) in [6.07, 6.45) is -4.37. The van der Waals surface area contributed by atoms with Crippen molar-refractivity contribution in [3.63, 3.8) is 0 Å². The van der Waals surface area contributed by atoms with Crippen molar-refractivity contribution in [2.75, 3.05) is 0 Å². The third-order valence-electron chi connectivity index (χ3n) is 2.98. The molecule has 0 radical (unpaired) electrons. The summed E-state index contributed by atoms with van der Waals surface area (Å²) in [6.45, 7) is 4.26. The normalized spacial score (nSPS) is 12.1. The van der Waals surface area contributed by atoms with Gasteiger partial charge in [-0.25, -0.2) is 4.68 Å². The summed E-state index contributed by atoms with van der Waals surface area (Å²) in [4.78, 5) is 0. The fraction of sp³-hybridized carbons (Fsp3) is 0.429. The zero-order valence-corrected chi connectivity index (χ0v) is 11.7. The molecule has 0 fully saturated rings. The third kappa shape index (κ3) is 3.41. The quantitative estimate of drug-likeness (QED) is 0.943. The molecule has 2 aromatic rings. The smallest absolute Gasteiger partial charge is 0.390 e. The minimum Gasteiger partial charge on any atom is -0.390 e. The Hall–Kier alpha value is -1.89. The SMILES string of the molecule is CC(C)Cn1nnc(CO)c1-c1ccc(C(F)(F)F)cc1. The van der Waals surface area contributed by atoms with Crippen LogP contribution in [-0.4, -0.2) is 20.1 Å². The Bertz CT molecular complexity index is 603. The number of aliphatic hydroxyl groups is 1. The molecule has 1 heterocycles. The number of hydrogen-bond donors (Lipinski definition) is 1. The maximum Gasteiger partial charge on any atom is 0.416 e. The molecular formula is C14H16F3N3O. The first kappa shape index (κ1) is 15.5. The van der Waals surface area contributed by atoms with E-state index in [0.29, 0.717) is 29.4 Å². The van der Waals surface area contributed by atoms with Crippen molar-refractivity contribution in [2.45, 2.75) is 33.2 Å². The first-order valence-corrected chi connectivity index (χ1v) is 6.53. The van der Waals surface area contributed by atoms with Crippen molar-refractivity contribution in [1.82, 2.24) is 15.0 Å². The second-order valence-electron chi connectivity index (χ2n) is 5.19. The van der Waals surface area contributed by atoms with Gasteiger partial charge in [-0.1, -0.05) is 31.2 Å². The Morgan fingerprint density at radius 2 is 1.81 bits per heavy atom. The van der Waals surface area contributed by atoms with Crippen LogP contribution < -0.4 is 0 Å². The van der Waals surface area contributed by atoms with Gasteiger partial charge in [0.15, 0.2) is 0 Å². The maximum atomic E-state index is 12.6. The maximum absolute atomic E-state index is 12.6. The van der Waals surface area contributed by atoms with Gasteiger partial charge in [-0.15, -0.1) is 5.10 Å². The van der Waals surface area contributed by atoms with Gasteiger partial charge in [0, 0.05) is 12.1 Å². The molecule has 0 spiro atoms. The minimum absolute atomic E-state index is 0.298. The Morgan fingerprint density at radius 1 is 1.19 bits per heavy atom. The van der Waals surface area contributed by atoms with Crippen LogP contribution >= 0.6 is 0 Å². The molecule has 0 bridgehead atoms. The molecule has 0 amide bonds. The summed E-state index contributed by atoms with van der Waals surface area (Å²) >= 11 is 0. The fourth-order valence-electron chi connectivity index (χ4n) is 2.06. The van der Waals surface area contributed by atoms with Crippen LogP contribution in [0.4, 0.5) is 13.2 Å². The van der Waals surface area contributed by atoms with Crippen LogP contribution in [0, 0.1) is 5.92 Å². The molecule has 0 atom stereocenters. The Labute approximate surface area is 120 Å². The lowest BCUT2D eigenvalue weighted by Crippen LogP contribution is -2.09. The minimum atomic E-state index is -4.37. The lowest BCUT2D eigenvalue weighted by atomic mass is 10.1. The monoisotopic (exact) mass is 299 g/mol. The van der Waals surface area contributed by atoms with E-state index in [1.54, 1.807) is 4.68 Å². The third-order valence-corrected chi connectivity index (χ3v) is 2.98. The van der Waals surface area contributed by atoms with Gasteiger partial charge in [-0.3, -0.25) is 0 Å². The molecule has 0 aliphatic carbocycles. The Kier molecular flexibility index (Phi) is 4.32. The van der Waals surface area contributed by atoms with Crippen molar-refractivity contribution in [3.05, 3.63) is 35.5 Å². The molecule has 0 aliphatic heterocycles. The summed E-state index contributed by atoms with van der Waals surface area (Å²) in [7, 11) is 0. The van der Waals surface area contributed by atoms with Gasteiger partial charge in [-0.2, -0.15) is 13.2 Å². The van der Waals surface area contributed by atoms with E-state index < -0.39 is 11.7 Å². The molecule has 21 heavy (non-hydrogen) atoms. The molecule has 114 valence electrons. The Morgan fingerprint density at radius 3 is 2.29 bits per heavy atom. The zero-order valence-electron chi connectivity index (χ0n) is 11.7. The van der Waals surface area contributed by atoms with Crippen molar-refractivity contribution in [3.8, 4) is 11.3 Å². The van der Waals surface area contributed by atoms with Gasteiger partial charge in [0.25, 0.3) is 0 Å². The molecule has 0 saturated heterocycles. The molecule has 1 N–H and O–H groups in total. The van der Waals surface area contributed by atoms with E-state index in [0.717, 1.165) is 12.1 Å². The number of halogens is 3. The predicted molar refractivity (Wildman–Crippen MR) is 71.2 cm³/mol. The summed E-state index contributed by atoms with van der Waals surface area (Å²) in [5.41, 5.74) is 0.757. The topological polar surface area (TPSA) is 50.9 Å². The van der Waals surface area contributed by atoms with Crippen LogP contribution in [-0.2, 0) is 19.3 Å². The molecule has 2 rings (SSSR count). The van der Waals surface area contributed by atoms with Crippen molar-refractivity contribution in [2.24, 2.45) is 5.92 Å². The van der Waals surface area contributed by atoms with Crippen molar-refractivity contribution < 1.29 is 18.3 Å². The highest BCUT2D eigenvalue weighted by atomic mass is 19.4. The summed E-state index contributed by atoms with van der Waals surface area (Å²) in [6, 6.07) is 4.78. The van der Waals surface area contributed by atoms with Gasteiger partial charge >= 0.3 is 6.18 Å². The van der Waals surface area contributed by atoms with E-state index in [-0.39, 0.29) is 6.61 Å². The predicted octanol–water partition coefficient (Wildman–Crippen LogP) is 3.11. The molecule has 0 saturated carbocycles. The fourth-order valence-corrected chi connectivity index (χ4v) is 2.06. The van der Waals surface area contributed by atoms with E-state index in [4.69, 9.17) is 0 Å². The summed E-state index contributed by atoms with van der Waals surface area (Å²) in [5.74, 6) is 0.298. The van der Waals surface area contributed by atoms with Gasteiger partial charge in [0.1, 0.15) is 5.69 Å². The highest BCUT2D eigenvalue weighted by Crippen LogP contribution is 2.31. The van der Waals surface area contributed by atoms with E-state index in [1.807, 2.05) is 13.8 Å². The van der Waals surface area contributed by atoms with E-state index in [2.05, 4.69) is 10.3 Å². The van der Waals surface area contributed by atoms with Crippen LogP contribution in [0.3, 0.4) is 0 Å². The molecule has 4 nitrogen and oxygen atoms in total. The van der Waals surface area contributed by atoms with Crippen molar-refractivity contribution >= 4 is 0 Å². The molecule has 1 aromatic heterocycles. The van der Waals surface area contributed by atoms with Crippen LogP contribution in [0.25, 0.3) is 11.3 Å². The second kappa shape index (κ2) is 5.85. The first-order chi connectivity index (χ1) is 9.82. The van der Waals surface area contributed by atoms with Crippen LogP contribution in [0.5, 0.6) is 0 Å². The van der Waals surface area contributed by atoms with Gasteiger partial charge in [-0.05, 0) is 18.1 Å². The van der Waals surface area contributed by atoms with Gasteiger partial charge in [0.2, 0.25) is 0 Å². The average Bonchev–Trinajstić information content (AvgIpc) is 2.80. The molecule has 0 aliphatic rings. The molecule has 1 aromatic carbocycles. The van der Waals surface area contributed by atoms with Crippen LogP contribution in [0.2, 0.25) is 0 Å². The number of benzene rings is 1. The number of alkyl halides is 3. The highest BCUT2D eigenvalue weighted by molar-refractivity contribution is 5.62. The van der Waals surface area contributed by atoms with Crippen molar-refractivity contribution in [1.29, 1.82) is 0 Å². The second-order valence-corrected chi connectivity index (χ2v) is 5.19. The van der Waals surface area contributed by atoms with Crippen LogP contribution in [0.15, 0.2) is 24.3 Å². The Balaban J connectivity index is 2.43. The standard InChI is InChI=1S/C14H16F3N3O/c1-9(2)7-20-13(12(8-21)18-19-20)10-3-5-11(6-4-10)14(15,16)17/h3-6,9,21H,7-8H2,1-2H3. The lowest BCUT2D eigenvalue weighted by Gasteiger charge is -2.11. The number of nitrogens with zero attached hydrogens (tertiary/aromatic N) is 3. The largest absolute Gasteiger partial charge is 0.416 e. The zero-order chi connectivity index (χ0) is 15.6. The lowest BCUT2D eigenvalue weighted by molar-refractivity contribution is -0.137. The van der Waals surface area contributed by atoms with Gasteiger partial charge < -0.3 is 5.11 Å². The molecular weight excluding hydrogens is 283 g/mol. The molecule has 7 heteroatoms. The number of hydrogen-bond acceptors (Lipinski definition) is 3. The summed E-state index contributed by atoms with van der Waals surface area (Å²) < 4.78 is 39.4. The van der Waals surface area contributed by atoms with Crippen LogP contribution in [0.1, 0.15) is 25.1 Å². The van der Waals surface area contributed by atoms with E-state index in [9.17, 15) is 18.3 Å². The number of aliphatic hydroxyl groups excluding tert-OH is 1. The van der Waals surface area contributed by atoms with Gasteiger partial charge in [0.05, 0.1) is 17.9 Å². The van der Waals surface area contributed by atoms with E-state index in [1.165, 1.54) is 12.1 Å². The highest BCUT2D eigenvalue weighted by Gasteiger charge is 2.30.